The molecule has 1 atom stereocenters. The number of aromatic nitrogens is 4. The minimum Gasteiger partial charge on any atom is -0.325 e. The Morgan fingerprint density at radius 1 is 1.43 bits per heavy atom. The van der Waals surface area contributed by atoms with Gasteiger partial charge in [0, 0.05) is 5.69 Å². The average Bonchev–Trinajstić information content (AvgIpc) is 3.23. The van der Waals surface area contributed by atoms with Crippen LogP contribution < -0.4 is 5.32 Å². The van der Waals surface area contributed by atoms with Crippen LogP contribution in [0.4, 0.5) is 5.69 Å². The van der Waals surface area contributed by atoms with Crippen LogP contribution in [0.25, 0.3) is 0 Å². The average molecular weight is 303 g/mol. The predicted octanol–water partition coefficient (Wildman–Crippen LogP) is 2.44. The first-order valence-electron chi connectivity index (χ1n) is 6.98. The third-order valence-electron chi connectivity index (χ3n) is 3.30. The molecule has 1 fully saturated rings. The van der Waals surface area contributed by atoms with Gasteiger partial charge in [0.1, 0.15) is 0 Å². The zero-order valence-corrected chi connectivity index (χ0v) is 12.6. The third-order valence-corrected chi connectivity index (χ3v) is 4.44. The van der Waals surface area contributed by atoms with Crippen molar-refractivity contribution in [2.75, 3.05) is 11.1 Å². The van der Waals surface area contributed by atoms with E-state index in [9.17, 15) is 4.79 Å². The molecule has 0 unspecified atom stereocenters. The zero-order valence-electron chi connectivity index (χ0n) is 11.8. The molecule has 0 aliphatic heterocycles. The summed E-state index contributed by atoms with van der Waals surface area (Å²) in [4.78, 5) is 11.9. The normalized spacial score (nSPS) is 15.7. The van der Waals surface area contributed by atoms with E-state index in [0.717, 1.165) is 24.4 Å². The molecule has 1 aliphatic carbocycles. The molecule has 2 aromatic rings. The van der Waals surface area contributed by atoms with Crippen molar-refractivity contribution in [3.8, 4) is 0 Å². The van der Waals surface area contributed by atoms with Gasteiger partial charge in [-0.05, 0) is 42.3 Å². The van der Waals surface area contributed by atoms with Crippen molar-refractivity contribution in [2.45, 2.75) is 31.1 Å². The van der Waals surface area contributed by atoms with Crippen LogP contribution in [0, 0.1) is 0 Å². The van der Waals surface area contributed by atoms with Gasteiger partial charge in [-0.15, -0.1) is 16.9 Å². The van der Waals surface area contributed by atoms with Gasteiger partial charge < -0.3 is 5.32 Å². The molecule has 0 radical (unpaired) electrons. The highest BCUT2D eigenvalue weighted by Crippen LogP contribution is 2.37. The second kappa shape index (κ2) is 6.26. The third kappa shape index (κ3) is 3.60. The van der Waals surface area contributed by atoms with E-state index in [1.165, 1.54) is 0 Å². The molecule has 1 aromatic heterocycles. The Labute approximate surface area is 127 Å². The molecule has 1 N–H and O–H groups in total. The molecule has 1 heterocycles. The number of anilines is 1. The van der Waals surface area contributed by atoms with Crippen molar-refractivity contribution in [2.24, 2.45) is 0 Å². The molecule has 0 saturated heterocycles. The van der Waals surface area contributed by atoms with Crippen LogP contribution in [0.5, 0.6) is 0 Å². The highest BCUT2D eigenvalue weighted by atomic mass is 32.2. The maximum absolute atomic E-state index is 11.9. The molecule has 3 rings (SSSR count). The van der Waals surface area contributed by atoms with Gasteiger partial charge in [0.15, 0.2) is 5.82 Å². The maximum atomic E-state index is 11.9. The molecule has 21 heavy (non-hydrogen) atoms. The van der Waals surface area contributed by atoms with Crippen molar-refractivity contribution in [1.82, 2.24) is 20.2 Å². The summed E-state index contributed by atoms with van der Waals surface area (Å²) in [7, 11) is 0. The van der Waals surface area contributed by atoms with E-state index in [2.05, 4.69) is 20.8 Å². The highest BCUT2D eigenvalue weighted by molar-refractivity contribution is 8.00. The molecule has 110 valence electrons. The van der Waals surface area contributed by atoms with E-state index in [1.54, 1.807) is 11.8 Å². The van der Waals surface area contributed by atoms with Crippen LogP contribution in [0.3, 0.4) is 0 Å². The van der Waals surface area contributed by atoms with Crippen molar-refractivity contribution in [3.63, 3.8) is 0 Å². The van der Waals surface area contributed by atoms with Crippen LogP contribution in [0.15, 0.2) is 30.3 Å². The number of amides is 1. The van der Waals surface area contributed by atoms with Gasteiger partial charge in [-0.3, -0.25) is 4.79 Å². The van der Waals surface area contributed by atoms with E-state index in [4.69, 9.17) is 0 Å². The largest absolute Gasteiger partial charge is 0.325 e. The lowest BCUT2D eigenvalue weighted by molar-refractivity contribution is -0.113. The first-order chi connectivity index (χ1) is 10.2. The lowest BCUT2D eigenvalue weighted by Crippen LogP contribution is -2.15. The van der Waals surface area contributed by atoms with Crippen molar-refractivity contribution >= 4 is 23.4 Å². The lowest BCUT2D eigenvalue weighted by Gasteiger charge is -2.11. The zero-order chi connectivity index (χ0) is 14.7. The van der Waals surface area contributed by atoms with Gasteiger partial charge in [-0.1, -0.05) is 18.2 Å². The monoisotopic (exact) mass is 303 g/mol. The summed E-state index contributed by atoms with van der Waals surface area (Å²) in [5.74, 6) is 1.23. The number of hydrogen-bond acceptors (Lipinski definition) is 5. The van der Waals surface area contributed by atoms with E-state index >= 15 is 0 Å². The summed E-state index contributed by atoms with van der Waals surface area (Å²) in [5.41, 5.74) is 0.818. The summed E-state index contributed by atoms with van der Waals surface area (Å²) in [6, 6.07) is 9.92. The topological polar surface area (TPSA) is 72.7 Å². The Bertz CT molecular complexity index is 611. The van der Waals surface area contributed by atoms with Gasteiger partial charge in [0.05, 0.1) is 17.0 Å². The van der Waals surface area contributed by atoms with E-state index in [1.807, 2.05) is 41.9 Å². The Balaban J connectivity index is 1.52. The van der Waals surface area contributed by atoms with Crippen LogP contribution >= 0.6 is 11.8 Å². The summed E-state index contributed by atoms with van der Waals surface area (Å²) >= 11 is 1.55. The quantitative estimate of drug-likeness (QED) is 0.887. The number of rotatable bonds is 6. The summed E-state index contributed by atoms with van der Waals surface area (Å²) < 4.78 is 1.90. The fourth-order valence-corrected chi connectivity index (χ4v) is 2.82. The first kappa shape index (κ1) is 14.1. The number of tetrazole rings is 1. The van der Waals surface area contributed by atoms with Gasteiger partial charge >= 0.3 is 0 Å². The summed E-state index contributed by atoms with van der Waals surface area (Å²) in [6.45, 7) is 2.03. The standard InChI is InChI=1S/C14H17N5OS/c1-10(14-16-17-18-19(14)12-7-8-12)21-9-13(20)15-11-5-3-2-4-6-11/h2-6,10,12H,7-9H2,1H3,(H,15,20)/t10-/m1/s1. The van der Waals surface area contributed by atoms with Crippen LogP contribution in [-0.2, 0) is 4.79 Å². The molecule has 7 heteroatoms. The van der Waals surface area contributed by atoms with Crippen LogP contribution in [0.1, 0.15) is 36.9 Å². The number of thioether (sulfide) groups is 1. The van der Waals surface area contributed by atoms with E-state index in [-0.39, 0.29) is 11.2 Å². The number of para-hydroxylation sites is 1. The van der Waals surface area contributed by atoms with Gasteiger partial charge in [-0.25, -0.2) is 4.68 Å². The van der Waals surface area contributed by atoms with Gasteiger partial charge in [0.2, 0.25) is 5.91 Å². The van der Waals surface area contributed by atoms with Crippen LogP contribution in [-0.4, -0.2) is 31.9 Å². The number of nitrogens with zero attached hydrogens (tertiary/aromatic N) is 4. The molecule has 1 aromatic carbocycles. The Morgan fingerprint density at radius 3 is 2.90 bits per heavy atom. The number of carbonyl (C=O) groups excluding carboxylic acids is 1. The minimum absolute atomic E-state index is 0.0107. The molecule has 1 aliphatic rings. The smallest absolute Gasteiger partial charge is 0.234 e. The van der Waals surface area contributed by atoms with Gasteiger partial charge in [-0.2, -0.15) is 0 Å². The molecular weight excluding hydrogens is 286 g/mol. The fourth-order valence-electron chi connectivity index (χ4n) is 2.04. The SMILES string of the molecule is C[C@@H](SCC(=O)Nc1ccccc1)c1nnnn1C1CC1. The molecule has 6 nitrogen and oxygen atoms in total. The molecule has 1 amide bonds. The summed E-state index contributed by atoms with van der Waals surface area (Å²) in [6.07, 6.45) is 2.29. The predicted molar refractivity (Wildman–Crippen MR) is 82.0 cm³/mol. The summed E-state index contributed by atoms with van der Waals surface area (Å²) in [5, 5.41) is 14.8. The number of hydrogen-bond donors (Lipinski definition) is 1. The van der Waals surface area contributed by atoms with Crippen molar-refractivity contribution in [1.29, 1.82) is 0 Å². The van der Waals surface area contributed by atoms with Crippen LogP contribution in [0.2, 0.25) is 0 Å². The van der Waals surface area contributed by atoms with Crippen molar-refractivity contribution in [3.05, 3.63) is 36.2 Å². The number of carbonyl (C=O) groups is 1. The Hall–Kier alpha value is -1.89. The second-order valence-electron chi connectivity index (χ2n) is 5.08. The molecule has 1 saturated carbocycles. The Kier molecular flexibility index (Phi) is 4.19. The molecule has 0 bridgehead atoms. The molecule has 0 spiro atoms. The molecular formula is C14H17N5OS. The second-order valence-corrected chi connectivity index (χ2v) is 6.41. The lowest BCUT2D eigenvalue weighted by atomic mass is 10.3. The van der Waals surface area contributed by atoms with E-state index < -0.39 is 0 Å². The van der Waals surface area contributed by atoms with Gasteiger partial charge in [0.25, 0.3) is 0 Å². The Morgan fingerprint density at radius 2 is 2.19 bits per heavy atom. The number of benzene rings is 1. The highest BCUT2D eigenvalue weighted by Gasteiger charge is 2.29. The maximum Gasteiger partial charge on any atom is 0.234 e. The van der Waals surface area contributed by atoms with Crippen molar-refractivity contribution < 1.29 is 4.79 Å². The number of nitrogens with one attached hydrogen (secondary N) is 1. The fraction of sp³-hybridized carbons (Fsp3) is 0.429. The minimum atomic E-state index is -0.0107. The van der Waals surface area contributed by atoms with E-state index in [0.29, 0.717) is 11.8 Å². The first-order valence-corrected chi connectivity index (χ1v) is 8.03.